The lowest BCUT2D eigenvalue weighted by Crippen LogP contribution is -2.31. The number of fused-ring (bicyclic) bond motifs is 5. The summed E-state index contributed by atoms with van der Waals surface area (Å²) in [5.74, 6) is 1.47. The molecule has 0 bridgehead atoms. The van der Waals surface area contributed by atoms with Gasteiger partial charge >= 0.3 is 0 Å². The van der Waals surface area contributed by atoms with Crippen LogP contribution in [0.25, 0.3) is 43.6 Å². The molecule has 2 nitrogen and oxygen atoms in total. The largest absolute Gasteiger partial charge is 0.456 e. The minimum atomic E-state index is -0.225. The van der Waals surface area contributed by atoms with Gasteiger partial charge in [-0.25, -0.2) is 8.96 Å². The molecule has 0 atom stereocenters. The fourth-order valence-corrected chi connectivity index (χ4v) is 4.60. The van der Waals surface area contributed by atoms with E-state index in [-0.39, 0.29) is 5.82 Å². The van der Waals surface area contributed by atoms with E-state index in [1.54, 1.807) is 6.07 Å². The Morgan fingerprint density at radius 2 is 1.61 bits per heavy atom. The van der Waals surface area contributed by atoms with Crippen LogP contribution in [-0.2, 0) is 7.05 Å². The topological polar surface area (TPSA) is 13.1 Å². The summed E-state index contributed by atoms with van der Waals surface area (Å²) in [6.45, 7) is 2.15. The highest BCUT2D eigenvalue weighted by Crippen LogP contribution is 2.49. The zero-order valence-corrected chi connectivity index (χ0v) is 15.6. The smallest absolute Gasteiger partial charge is 0.228 e. The monoisotopic (exact) mass is 366 g/mol. The number of pyridine rings is 1. The Hall–Kier alpha value is -3.46. The van der Waals surface area contributed by atoms with E-state index in [1.807, 2.05) is 18.2 Å². The van der Waals surface area contributed by atoms with Gasteiger partial charge in [0.1, 0.15) is 24.4 Å². The number of rotatable bonds is 0. The summed E-state index contributed by atoms with van der Waals surface area (Å²) in [6, 6.07) is 19.5. The molecule has 0 fully saturated rings. The van der Waals surface area contributed by atoms with Gasteiger partial charge in [0, 0.05) is 11.5 Å². The van der Waals surface area contributed by atoms with Crippen LogP contribution in [0.1, 0.15) is 5.56 Å². The van der Waals surface area contributed by atoms with Crippen LogP contribution in [0.3, 0.4) is 0 Å². The number of aromatic nitrogens is 1. The molecule has 1 aliphatic heterocycles. The average molecular weight is 366 g/mol. The summed E-state index contributed by atoms with van der Waals surface area (Å²) >= 11 is 0. The molecule has 1 aromatic heterocycles. The molecule has 0 unspecified atom stereocenters. The molecule has 2 heterocycles. The number of aryl methyl sites for hydroxylation is 2. The molecule has 6 rings (SSSR count). The predicted octanol–water partition coefficient (Wildman–Crippen LogP) is 6.19. The van der Waals surface area contributed by atoms with Crippen molar-refractivity contribution in [2.45, 2.75) is 6.92 Å². The summed E-state index contributed by atoms with van der Waals surface area (Å²) in [6.07, 6.45) is 2.05. The molecular weight excluding hydrogens is 349 g/mol. The van der Waals surface area contributed by atoms with Gasteiger partial charge in [-0.15, -0.1) is 0 Å². The third-order valence-electron chi connectivity index (χ3n) is 5.89. The van der Waals surface area contributed by atoms with E-state index in [0.717, 1.165) is 44.3 Å². The van der Waals surface area contributed by atoms with E-state index < -0.39 is 0 Å². The van der Waals surface area contributed by atoms with Gasteiger partial charge in [-0.2, -0.15) is 0 Å². The van der Waals surface area contributed by atoms with Crippen molar-refractivity contribution < 1.29 is 13.7 Å². The highest BCUT2D eigenvalue weighted by Gasteiger charge is 2.30. The van der Waals surface area contributed by atoms with Gasteiger partial charge in [0.25, 0.3) is 0 Å². The second-order valence-electron chi connectivity index (χ2n) is 7.50. The first-order chi connectivity index (χ1) is 13.6. The van der Waals surface area contributed by atoms with Crippen LogP contribution in [0.5, 0.6) is 11.5 Å². The van der Waals surface area contributed by atoms with Crippen molar-refractivity contribution >= 4 is 32.3 Å². The van der Waals surface area contributed by atoms with Gasteiger partial charge in [0.05, 0.1) is 10.9 Å². The van der Waals surface area contributed by atoms with Crippen LogP contribution in [0.15, 0.2) is 66.9 Å². The van der Waals surface area contributed by atoms with Crippen LogP contribution in [0.4, 0.5) is 4.39 Å². The number of nitrogens with zero attached hydrogens (tertiary/aromatic N) is 1. The Bertz CT molecular complexity index is 1470. The highest BCUT2D eigenvalue weighted by atomic mass is 19.1. The maximum Gasteiger partial charge on any atom is 0.228 e. The first-order valence-corrected chi connectivity index (χ1v) is 9.37. The summed E-state index contributed by atoms with van der Waals surface area (Å²) in [5.41, 5.74) is 3.42. The number of benzene rings is 4. The Balaban J connectivity index is 1.84. The third-order valence-corrected chi connectivity index (χ3v) is 5.89. The minimum absolute atomic E-state index is 0.225. The minimum Gasteiger partial charge on any atom is -0.456 e. The molecule has 5 aromatic rings. The maximum absolute atomic E-state index is 14.0. The second kappa shape index (κ2) is 5.29. The molecule has 0 N–H and O–H groups in total. The van der Waals surface area contributed by atoms with Gasteiger partial charge in [0.2, 0.25) is 5.69 Å². The van der Waals surface area contributed by atoms with Crippen LogP contribution >= 0.6 is 0 Å². The fraction of sp³-hybridized carbons (Fsp3) is 0.0800. The van der Waals surface area contributed by atoms with Gasteiger partial charge < -0.3 is 4.74 Å². The lowest BCUT2D eigenvalue weighted by atomic mass is 9.90. The molecule has 3 heteroatoms. The van der Waals surface area contributed by atoms with Crippen molar-refractivity contribution in [3.8, 4) is 22.8 Å². The van der Waals surface area contributed by atoms with E-state index in [9.17, 15) is 4.39 Å². The van der Waals surface area contributed by atoms with E-state index >= 15 is 0 Å². The second-order valence-corrected chi connectivity index (χ2v) is 7.50. The normalized spacial score (nSPS) is 12.4. The molecule has 28 heavy (non-hydrogen) atoms. The van der Waals surface area contributed by atoms with Gasteiger partial charge in [0.15, 0.2) is 6.20 Å². The molecule has 4 aromatic carbocycles. The van der Waals surface area contributed by atoms with Crippen molar-refractivity contribution in [3.63, 3.8) is 0 Å². The van der Waals surface area contributed by atoms with Crippen LogP contribution in [0.2, 0.25) is 0 Å². The van der Waals surface area contributed by atoms with Crippen LogP contribution in [-0.4, -0.2) is 0 Å². The first kappa shape index (κ1) is 15.6. The number of hydrogen-bond donors (Lipinski definition) is 0. The van der Waals surface area contributed by atoms with E-state index in [1.165, 1.54) is 22.4 Å². The van der Waals surface area contributed by atoms with Crippen molar-refractivity contribution in [1.82, 2.24) is 0 Å². The van der Waals surface area contributed by atoms with Crippen LogP contribution in [0, 0.1) is 12.7 Å². The lowest BCUT2D eigenvalue weighted by Gasteiger charge is -2.22. The number of ether oxygens (including phenoxy) is 1. The Labute approximate surface area is 161 Å². The van der Waals surface area contributed by atoms with E-state index in [4.69, 9.17) is 4.74 Å². The summed E-state index contributed by atoms with van der Waals surface area (Å²) in [4.78, 5) is 0. The fourth-order valence-electron chi connectivity index (χ4n) is 4.60. The first-order valence-electron chi connectivity index (χ1n) is 9.37. The van der Waals surface area contributed by atoms with Crippen LogP contribution < -0.4 is 9.30 Å². The van der Waals surface area contributed by atoms with Crippen molar-refractivity contribution in [2.24, 2.45) is 7.05 Å². The molecule has 0 saturated carbocycles. The summed E-state index contributed by atoms with van der Waals surface area (Å²) in [7, 11) is 2.05. The van der Waals surface area contributed by atoms with E-state index in [2.05, 4.69) is 55.1 Å². The zero-order valence-electron chi connectivity index (χ0n) is 15.6. The summed E-state index contributed by atoms with van der Waals surface area (Å²) in [5, 5.41) is 6.32. The number of hydrogen-bond acceptors (Lipinski definition) is 1. The highest BCUT2D eigenvalue weighted by molar-refractivity contribution is 6.15. The molecule has 0 saturated heterocycles. The molecule has 1 aliphatic rings. The Morgan fingerprint density at radius 1 is 0.821 bits per heavy atom. The SMILES string of the molecule is Cc1c2c(cc3ccccc13)Oc1cc3ccc(F)cc3c3cc[n+](C)c-2c13. The predicted molar refractivity (Wildman–Crippen MR) is 110 cm³/mol. The number of halogens is 1. The Kier molecular flexibility index (Phi) is 2.95. The average Bonchev–Trinajstić information content (AvgIpc) is 2.70. The quantitative estimate of drug-likeness (QED) is 0.231. The Morgan fingerprint density at radius 3 is 2.50 bits per heavy atom. The molecule has 134 valence electrons. The molecule has 0 aliphatic carbocycles. The summed E-state index contributed by atoms with van der Waals surface area (Å²) < 4.78 is 22.5. The maximum atomic E-state index is 14.0. The van der Waals surface area contributed by atoms with Gasteiger partial charge in [-0.3, -0.25) is 0 Å². The lowest BCUT2D eigenvalue weighted by molar-refractivity contribution is -0.659. The molecule has 0 radical (unpaired) electrons. The van der Waals surface area contributed by atoms with Crippen molar-refractivity contribution in [2.75, 3.05) is 0 Å². The molecule has 0 amide bonds. The van der Waals surface area contributed by atoms with Gasteiger partial charge in [-0.1, -0.05) is 30.3 Å². The van der Waals surface area contributed by atoms with E-state index in [0.29, 0.717) is 0 Å². The third kappa shape index (κ3) is 1.93. The van der Waals surface area contributed by atoms with Crippen molar-refractivity contribution in [1.29, 1.82) is 0 Å². The van der Waals surface area contributed by atoms with Gasteiger partial charge in [-0.05, 0) is 58.3 Å². The zero-order chi connectivity index (χ0) is 19.0. The molecule has 0 spiro atoms. The van der Waals surface area contributed by atoms with Crippen molar-refractivity contribution in [3.05, 3.63) is 78.2 Å². The molecular formula is C25H17FNO+. The standard InChI is InChI=1S/C25H17FNO/c1-14-18-6-4-3-5-15(18)11-21-23(14)25-24-19(9-10-27(25)2)20-13-17(26)8-7-16(20)12-22(24)28-21/h3-13H,1-2H3/q+1.